The van der Waals surface area contributed by atoms with Gasteiger partial charge in [0.05, 0.1) is 5.56 Å². The summed E-state index contributed by atoms with van der Waals surface area (Å²) in [5.74, 6) is -0.956. The second kappa shape index (κ2) is 7.56. The number of carboxylic acids is 1. The van der Waals surface area contributed by atoms with Crippen molar-refractivity contribution >= 4 is 35.5 Å². The molecule has 2 aromatic rings. The summed E-state index contributed by atoms with van der Waals surface area (Å²) in [4.78, 5) is 20.4. The number of hydrogen-bond donors (Lipinski definition) is 1. The first-order chi connectivity index (χ1) is 9.02. The average Bonchev–Trinajstić information content (AvgIpc) is 2.39. The number of carbonyl (C=O) groups is 2. The molecule has 0 spiro atoms. The number of halogens is 2. The van der Waals surface area contributed by atoms with E-state index in [4.69, 9.17) is 28.3 Å². The number of benzene rings is 2. The molecule has 1 N–H and O–H groups in total. The van der Waals surface area contributed by atoms with Crippen molar-refractivity contribution in [2.45, 2.75) is 0 Å². The average molecular weight is 297 g/mol. The third-order valence-corrected chi connectivity index (χ3v) is 2.53. The van der Waals surface area contributed by atoms with E-state index in [1.165, 1.54) is 12.1 Å². The van der Waals surface area contributed by atoms with Gasteiger partial charge in [-0.3, -0.25) is 4.79 Å². The fourth-order valence-electron chi connectivity index (χ4n) is 1.20. The standard InChI is InChI=1S/C7H5ClO2.C7H5ClO/c8-6-3-1-2-5(4-6)7(9)10;8-7-3-1-2-6(4-7)5-9/h1-4H,(H,9,10);1-5H. The first-order valence-electron chi connectivity index (χ1n) is 5.22. The molecule has 5 heteroatoms. The Labute approximate surface area is 120 Å². The minimum atomic E-state index is -0.956. The Bertz CT molecular complexity index is 582. The highest BCUT2D eigenvalue weighted by Gasteiger charge is 2.00. The van der Waals surface area contributed by atoms with E-state index in [0.29, 0.717) is 15.6 Å². The molecular weight excluding hydrogens is 287 g/mol. The molecule has 0 aliphatic carbocycles. The second-order valence-corrected chi connectivity index (χ2v) is 4.36. The van der Waals surface area contributed by atoms with Crippen LogP contribution in [0, 0.1) is 0 Å². The van der Waals surface area contributed by atoms with Gasteiger partial charge in [0, 0.05) is 15.6 Å². The number of aldehydes is 1. The summed E-state index contributed by atoms with van der Waals surface area (Å²) in [7, 11) is 0. The Balaban J connectivity index is 0.000000191. The highest BCUT2D eigenvalue weighted by atomic mass is 35.5. The molecule has 0 fully saturated rings. The van der Waals surface area contributed by atoms with Crippen LogP contribution in [-0.4, -0.2) is 17.4 Å². The molecule has 0 saturated heterocycles. The Hall–Kier alpha value is -1.84. The fraction of sp³-hybridized carbons (Fsp3) is 0. The second-order valence-electron chi connectivity index (χ2n) is 3.49. The highest BCUT2D eigenvalue weighted by molar-refractivity contribution is 6.31. The third-order valence-electron chi connectivity index (χ3n) is 2.06. The Kier molecular flexibility index (Phi) is 6.06. The lowest BCUT2D eigenvalue weighted by Gasteiger charge is -1.92. The summed E-state index contributed by atoms with van der Waals surface area (Å²) in [5.41, 5.74) is 0.829. The van der Waals surface area contributed by atoms with Gasteiger partial charge < -0.3 is 5.11 Å². The predicted octanol–water partition coefficient (Wildman–Crippen LogP) is 4.19. The molecule has 2 rings (SSSR count). The van der Waals surface area contributed by atoms with Crippen LogP contribution in [0.5, 0.6) is 0 Å². The molecule has 0 atom stereocenters. The molecule has 0 aliphatic rings. The summed E-state index contributed by atoms with van der Waals surface area (Å²) in [5, 5.41) is 9.49. The molecule has 0 bridgehead atoms. The van der Waals surface area contributed by atoms with Gasteiger partial charge in [0.25, 0.3) is 0 Å². The number of aromatic carboxylic acids is 1. The molecule has 0 radical (unpaired) electrons. The maximum absolute atomic E-state index is 10.3. The van der Waals surface area contributed by atoms with Crippen LogP contribution in [-0.2, 0) is 0 Å². The van der Waals surface area contributed by atoms with Gasteiger partial charge in [0.1, 0.15) is 6.29 Å². The molecule has 0 aromatic heterocycles. The van der Waals surface area contributed by atoms with Crippen molar-refractivity contribution < 1.29 is 14.7 Å². The summed E-state index contributed by atoms with van der Waals surface area (Å²) in [6.45, 7) is 0. The van der Waals surface area contributed by atoms with Crippen LogP contribution in [0.2, 0.25) is 10.0 Å². The van der Waals surface area contributed by atoms with Crippen molar-refractivity contribution in [1.29, 1.82) is 0 Å². The van der Waals surface area contributed by atoms with Crippen molar-refractivity contribution in [3.63, 3.8) is 0 Å². The molecule has 0 heterocycles. The van der Waals surface area contributed by atoms with Crippen LogP contribution in [0.15, 0.2) is 48.5 Å². The molecular formula is C14H10Cl2O3. The van der Waals surface area contributed by atoms with E-state index in [1.54, 1.807) is 36.4 Å². The van der Waals surface area contributed by atoms with Crippen LogP contribution < -0.4 is 0 Å². The maximum Gasteiger partial charge on any atom is 0.335 e. The minimum absolute atomic E-state index is 0.215. The molecule has 19 heavy (non-hydrogen) atoms. The zero-order valence-electron chi connectivity index (χ0n) is 9.72. The van der Waals surface area contributed by atoms with Gasteiger partial charge in [0.2, 0.25) is 0 Å². The largest absolute Gasteiger partial charge is 0.478 e. The normalized spacial score (nSPS) is 9.16. The lowest BCUT2D eigenvalue weighted by molar-refractivity contribution is 0.0696. The molecule has 2 aromatic carbocycles. The van der Waals surface area contributed by atoms with Crippen molar-refractivity contribution in [2.24, 2.45) is 0 Å². The third kappa shape index (κ3) is 5.55. The van der Waals surface area contributed by atoms with E-state index >= 15 is 0 Å². The number of hydrogen-bond acceptors (Lipinski definition) is 2. The summed E-state index contributed by atoms with van der Waals surface area (Å²) in [6, 6.07) is 12.9. The van der Waals surface area contributed by atoms with Gasteiger partial charge in [-0.15, -0.1) is 0 Å². The van der Waals surface area contributed by atoms with E-state index in [-0.39, 0.29) is 5.56 Å². The minimum Gasteiger partial charge on any atom is -0.478 e. The van der Waals surface area contributed by atoms with Gasteiger partial charge in [-0.2, -0.15) is 0 Å². The van der Waals surface area contributed by atoms with E-state index in [0.717, 1.165) is 6.29 Å². The van der Waals surface area contributed by atoms with Gasteiger partial charge in [-0.25, -0.2) is 4.79 Å². The van der Waals surface area contributed by atoms with E-state index in [2.05, 4.69) is 0 Å². The summed E-state index contributed by atoms with van der Waals surface area (Å²) in [6.07, 6.45) is 0.770. The molecule has 0 aliphatic heterocycles. The Morgan fingerprint density at radius 2 is 1.58 bits per heavy atom. The van der Waals surface area contributed by atoms with Crippen LogP contribution in [0.1, 0.15) is 20.7 Å². The summed E-state index contributed by atoms with van der Waals surface area (Å²) >= 11 is 11.1. The molecule has 3 nitrogen and oxygen atoms in total. The van der Waals surface area contributed by atoms with Crippen LogP contribution >= 0.6 is 23.2 Å². The Morgan fingerprint density at radius 3 is 1.95 bits per heavy atom. The lowest BCUT2D eigenvalue weighted by Crippen LogP contribution is -1.94. The van der Waals surface area contributed by atoms with Crippen LogP contribution in [0.4, 0.5) is 0 Å². The van der Waals surface area contributed by atoms with Crippen LogP contribution in [0.25, 0.3) is 0 Å². The molecule has 98 valence electrons. The first kappa shape index (κ1) is 15.2. The van der Waals surface area contributed by atoms with Crippen molar-refractivity contribution in [1.82, 2.24) is 0 Å². The first-order valence-corrected chi connectivity index (χ1v) is 5.98. The van der Waals surface area contributed by atoms with Crippen molar-refractivity contribution in [3.05, 3.63) is 69.7 Å². The quantitative estimate of drug-likeness (QED) is 0.845. The molecule has 0 unspecified atom stereocenters. The smallest absolute Gasteiger partial charge is 0.335 e. The van der Waals surface area contributed by atoms with Gasteiger partial charge in [0.15, 0.2) is 0 Å². The summed E-state index contributed by atoms with van der Waals surface area (Å²) < 4.78 is 0. The van der Waals surface area contributed by atoms with Gasteiger partial charge in [-0.1, -0.05) is 41.4 Å². The van der Waals surface area contributed by atoms with Gasteiger partial charge >= 0.3 is 5.97 Å². The molecule has 0 amide bonds. The zero-order chi connectivity index (χ0) is 14.3. The van der Waals surface area contributed by atoms with Crippen LogP contribution in [0.3, 0.4) is 0 Å². The van der Waals surface area contributed by atoms with E-state index in [1.807, 2.05) is 0 Å². The van der Waals surface area contributed by atoms with Gasteiger partial charge in [-0.05, 0) is 30.3 Å². The predicted molar refractivity (Wildman–Crippen MR) is 75.3 cm³/mol. The SMILES string of the molecule is O=C(O)c1cccc(Cl)c1.O=Cc1cccc(Cl)c1. The number of carboxylic acid groups (broad SMARTS) is 1. The lowest BCUT2D eigenvalue weighted by atomic mass is 10.2. The van der Waals surface area contributed by atoms with Crippen molar-refractivity contribution in [3.8, 4) is 0 Å². The highest BCUT2D eigenvalue weighted by Crippen LogP contribution is 2.10. The Morgan fingerprint density at radius 1 is 1.00 bits per heavy atom. The zero-order valence-corrected chi connectivity index (χ0v) is 11.2. The van der Waals surface area contributed by atoms with E-state index < -0.39 is 5.97 Å². The maximum atomic E-state index is 10.3. The monoisotopic (exact) mass is 296 g/mol. The van der Waals surface area contributed by atoms with E-state index in [9.17, 15) is 9.59 Å². The van der Waals surface area contributed by atoms with Crippen molar-refractivity contribution in [2.75, 3.05) is 0 Å². The number of carbonyl (C=O) groups excluding carboxylic acids is 1. The molecule has 0 saturated carbocycles. The topological polar surface area (TPSA) is 54.4 Å². The number of rotatable bonds is 2. The fourth-order valence-corrected chi connectivity index (χ4v) is 1.59.